The Balaban J connectivity index is 1.63. The second-order valence-electron chi connectivity index (χ2n) is 7.33. The van der Waals surface area contributed by atoms with Gasteiger partial charge in [0.15, 0.2) is 0 Å². The summed E-state index contributed by atoms with van der Waals surface area (Å²) >= 11 is 1.71. The van der Waals surface area contributed by atoms with Crippen LogP contribution in [0.25, 0.3) is 0 Å². The maximum absolute atomic E-state index is 3.35. The minimum atomic E-state index is 1.02. The van der Waals surface area contributed by atoms with E-state index in [2.05, 4.69) is 98.2 Å². The number of rotatable bonds is 2. The van der Waals surface area contributed by atoms with Gasteiger partial charge < -0.3 is 0 Å². The molecule has 4 aromatic rings. The zero-order valence-corrected chi connectivity index (χ0v) is 18.5. The molecule has 0 spiro atoms. The Hall–Kier alpha value is -3.65. The molecular formula is C30H22S. The maximum Gasteiger partial charge on any atom is 0.0388 e. The average molecular weight is 415 g/mol. The summed E-state index contributed by atoms with van der Waals surface area (Å²) in [7, 11) is 0. The van der Waals surface area contributed by atoms with Crippen LogP contribution < -0.4 is 0 Å². The van der Waals surface area contributed by atoms with Gasteiger partial charge in [0, 0.05) is 32.0 Å². The fraction of sp³-hybridized carbons (Fsp3) is 0.0667. The first kappa shape index (κ1) is 20.6. The van der Waals surface area contributed by atoms with Crippen molar-refractivity contribution in [1.29, 1.82) is 0 Å². The first-order valence-corrected chi connectivity index (χ1v) is 11.0. The predicted octanol–water partition coefficient (Wildman–Crippen LogP) is 7.25. The summed E-state index contributed by atoms with van der Waals surface area (Å²) in [5, 5.41) is 0. The average Bonchev–Trinajstić information content (AvgIpc) is 2.78. The van der Waals surface area contributed by atoms with Gasteiger partial charge in [0.1, 0.15) is 0 Å². The molecule has 148 valence electrons. The monoisotopic (exact) mass is 414 g/mol. The Labute approximate surface area is 189 Å². The van der Waals surface area contributed by atoms with Crippen molar-refractivity contribution in [2.45, 2.75) is 23.6 Å². The lowest BCUT2D eigenvalue weighted by Gasteiger charge is -2.06. The van der Waals surface area contributed by atoms with Crippen molar-refractivity contribution in [2.75, 3.05) is 0 Å². The number of benzene rings is 4. The second kappa shape index (κ2) is 9.90. The molecule has 0 saturated carbocycles. The van der Waals surface area contributed by atoms with E-state index in [1.54, 1.807) is 11.8 Å². The van der Waals surface area contributed by atoms with Crippen molar-refractivity contribution < 1.29 is 0 Å². The number of hydrogen-bond donors (Lipinski definition) is 0. The first-order chi connectivity index (χ1) is 15.2. The van der Waals surface area contributed by atoms with E-state index in [4.69, 9.17) is 0 Å². The fourth-order valence-electron chi connectivity index (χ4n) is 3.16. The zero-order chi connectivity index (χ0) is 21.5. The third-order valence-electron chi connectivity index (χ3n) is 4.71. The minimum Gasteiger partial charge on any atom is -0.0875 e. The van der Waals surface area contributed by atoms with E-state index in [1.165, 1.54) is 11.1 Å². The molecule has 0 aliphatic carbocycles. The van der Waals surface area contributed by atoms with E-state index in [0.717, 1.165) is 32.0 Å². The van der Waals surface area contributed by atoms with E-state index in [0.29, 0.717) is 0 Å². The second-order valence-corrected chi connectivity index (χ2v) is 8.42. The lowest BCUT2D eigenvalue weighted by molar-refractivity contribution is 1.36. The molecule has 0 atom stereocenters. The Morgan fingerprint density at radius 3 is 1.39 bits per heavy atom. The standard InChI is InChI=1S/C30H22S/c1-23-9-7-11-25(21-23)17-19-27-13-3-5-15-29(27)31-30-16-6-4-14-28(30)20-18-26-12-8-10-24(2)22-26/h3-16,21-22H,1-2H3. The van der Waals surface area contributed by atoms with Crippen LogP contribution in [0.3, 0.4) is 0 Å². The van der Waals surface area contributed by atoms with Gasteiger partial charge in [0.25, 0.3) is 0 Å². The molecule has 0 heterocycles. The zero-order valence-electron chi connectivity index (χ0n) is 17.6. The summed E-state index contributed by atoms with van der Waals surface area (Å²) in [6.45, 7) is 4.17. The summed E-state index contributed by atoms with van der Waals surface area (Å²) in [5.41, 5.74) is 6.55. The van der Waals surface area contributed by atoms with Crippen LogP contribution in [0.1, 0.15) is 33.4 Å². The molecule has 0 aliphatic rings. The highest BCUT2D eigenvalue weighted by molar-refractivity contribution is 7.99. The van der Waals surface area contributed by atoms with Crippen molar-refractivity contribution in [3.63, 3.8) is 0 Å². The molecule has 0 N–H and O–H groups in total. The molecule has 0 amide bonds. The van der Waals surface area contributed by atoms with Gasteiger partial charge >= 0.3 is 0 Å². The third-order valence-corrected chi connectivity index (χ3v) is 5.87. The smallest absolute Gasteiger partial charge is 0.0388 e. The van der Waals surface area contributed by atoms with Gasteiger partial charge in [0.05, 0.1) is 0 Å². The summed E-state index contributed by atoms with van der Waals surface area (Å²) in [4.78, 5) is 2.26. The minimum absolute atomic E-state index is 1.02. The lowest BCUT2D eigenvalue weighted by atomic mass is 10.1. The normalized spacial score (nSPS) is 9.87. The molecule has 4 aromatic carbocycles. The van der Waals surface area contributed by atoms with Gasteiger partial charge in [-0.2, -0.15) is 0 Å². The van der Waals surface area contributed by atoms with Crippen LogP contribution in [-0.4, -0.2) is 0 Å². The molecule has 0 nitrogen and oxygen atoms in total. The summed E-state index contributed by atoms with van der Waals surface area (Å²) < 4.78 is 0. The van der Waals surface area contributed by atoms with Crippen LogP contribution in [0.15, 0.2) is 107 Å². The highest BCUT2D eigenvalue weighted by atomic mass is 32.2. The third kappa shape index (κ3) is 5.70. The first-order valence-electron chi connectivity index (χ1n) is 10.2. The van der Waals surface area contributed by atoms with Crippen LogP contribution >= 0.6 is 11.8 Å². The van der Waals surface area contributed by atoms with Gasteiger partial charge in [-0.05, 0) is 73.5 Å². The maximum atomic E-state index is 3.35. The van der Waals surface area contributed by atoms with Crippen LogP contribution in [-0.2, 0) is 0 Å². The van der Waals surface area contributed by atoms with E-state index in [1.807, 2.05) is 36.4 Å². The van der Waals surface area contributed by atoms with Crippen LogP contribution in [0.4, 0.5) is 0 Å². The summed E-state index contributed by atoms with van der Waals surface area (Å²) in [5.74, 6) is 13.3. The molecule has 0 saturated heterocycles. The van der Waals surface area contributed by atoms with Crippen molar-refractivity contribution in [1.82, 2.24) is 0 Å². The topological polar surface area (TPSA) is 0 Å². The van der Waals surface area contributed by atoms with Crippen molar-refractivity contribution in [2.24, 2.45) is 0 Å². The molecule has 0 unspecified atom stereocenters. The largest absolute Gasteiger partial charge is 0.0875 e. The Kier molecular flexibility index (Phi) is 6.59. The van der Waals surface area contributed by atoms with Gasteiger partial charge in [0.2, 0.25) is 0 Å². The van der Waals surface area contributed by atoms with E-state index in [9.17, 15) is 0 Å². The van der Waals surface area contributed by atoms with E-state index in [-0.39, 0.29) is 0 Å². The molecule has 0 radical (unpaired) electrons. The molecule has 1 heteroatoms. The van der Waals surface area contributed by atoms with E-state index < -0.39 is 0 Å². The Morgan fingerprint density at radius 2 is 0.935 bits per heavy atom. The molecule has 4 rings (SSSR count). The summed E-state index contributed by atoms with van der Waals surface area (Å²) in [6.07, 6.45) is 0. The van der Waals surface area contributed by atoms with Crippen LogP contribution in [0, 0.1) is 37.5 Å². The Morgan fingerprint density at radius 1 is 0.484 bits per heavy atom. The lowest BCUT2D eigenvalue weighted by Crippen LogP contribution is -1.85. The highest BCUT2D eigenvalue weighted by Crippen LogP contribution is 2.32. The number of hydrogen-bond acceptors (Lipinski definition) is 1. The molecule has 0 bridgehead atoms. The van der Waals surface area contributed by atoms with Crippen molar-refractivity contribution in [3.05, 3.63) is 130 Å². The molecular weight excluding hydrogens is 392 g/mol. The highest BCUT2D eigenvalue weighted by Gasteiger charge is 2.05. The van der Waals surface area contributed by atoms with Gasteiger partial charge in [-0.25, -0.2) is 0 Å². The molecule has 0 aliphatic heterocycles. The predicted molar refractivity (Wildman–Crippen MR) is 131 cm³/mol. The SMILES string of the molecule is Cc1cccc(C#Cc2ccccc2Sc2ccccc2C#Cc2cccc(C)c2)c1. The van der Waals surface area contributed by atoms with Crippen molar-refractivity contribution >= 4 is 11.8 Å². The Bertz CT molecular complexity index is 1230. The molecule has 31 heavy (non-hydrogen) atoms. The van der Waals surface area contributed by atoms with E-state index >= 15 is 0 Å². The van der Waals surface area contributed by atoms with Crippen molar-refractivity contribution in [3.8, 4) is 23.7 Å². The summed E-state index contributed by atoms with van der Waals surface area (Å²) in [6, 6.07) is 33.2. The van der Waals surface area contributed by atoms with Gasteiger partial charge in [-0.15, -0.1) is 0 Å². The quantitative estimate of drug-likeness (QED) is 0.311. The fourth-order valence-corrected chi connectivity index (χ4v) is 4.15. The molecule has 0 aromatic heterocycles. The van der Waals surface area contributed by atoms with Gasteiger partial charge in [-0.3, -0.25) is 0 Å². The van der Waals surface area contributed by atoms with Crippen LogP contribution in [0.2, 0.25) is 0 Å². The van der Waals surface area contributed by atoms with Crippen LogP contribution in [0.5, 0.6) is 0 Å². The number of aryl methyl sites for hydroxylation is 2. The molecule has 0 fully saturated rings. The van der Waals surface area contributed by atoms with Gasteiger partial charge in [-0.1, -0.05) is 84.0 Å².